The van der Waals surface area contributed by atoms with Crippen LogP contribution in [0.1, 0.15) is 12.0 Å². The van der Waals surface area contributed by atoms with Gasteiger partial charge < -0.3 is 15.3 Å². The van der Waals surface area contributed by atoms with Crippen molar-refractivity contribution in [3.05, 3.63) is 57.5 Å². The number of nitrogens with zero attached hydrogens (tertiary/aromatic N) is 1. The average molecular weight is 396 g/mol. The van der Waals surface area contributed by atoms with E-state index < -0.39 is 6.10 Å². The Kier molecular flexibility index (Phi) is 4.54. The Balaban J connectivity index is 1.69. The van der Waals surface area contributed by atoms with Gasteiger partial charge in [-0.2, -0.15) is 0 Å². The first-order valence-electron chi connectivity index (χ1n) is 6.81. The van der Waals surface area contributed by atoms with Crippen molar-refractivity contribution in [1.29, 1.82) is 0 Å². The molecule has 1 aliphatic rings. The Morgan fingerprint density at radius 1 is 1.35 bits per heavy atom. The van der Waals surface area contributed by atoms with Gasteiger partial charge in [0.25, 0.3) is 5.91 Å². The SMILES string of the molecule is O=C(Nc1cc(Br)ccc1O)[C@H]1CC(c2ccccc2Cl)=NO1. The molecule has 1 amide bonds. The van der Waals surface area contributed by atoms with E-state index in [2.05, 4.69) is 26.4 Å². The van der Waals surface area contributed by atoms with Gasteiger partial charge in [0, 0.05) is 21.5 Å². The second kappa shape index (κ2) is 6.60. The van der Waals surface area contributed by atoms with Crippen LogP contribution in [0.5, 0.6) is 5.75 Å². The maximum absolute atomic E-state index is 12.3. The van der Waals surface area contributed by atoms with E-state index in [9.17, 15) is 9.90 Å². The monoisotopic (exact) mass is 394 g/mol. The number of halogens is 2. The predicted octanol–water partition coefficient (Wildman–Crippen LogP) is 3.94. The fourth-order valence-corrected chi connectivity index (χ4v) is 2.80. The molecule has 0 unspecified atom stereocenters. The van der Waals surface area contributed by atoms with E-state index in [1.54, 1.807) is 18.2 Å². The number of anilines is 1. The number of phenolic OH excluding ortho intramolecular Hbond substituents is 1. The van der Waals surface area contributed by atoms with Gasteiger partial charge in [-0.05, 0) is 24.3 Å². The van der Waals surface area contributed by atoms with Crippen LogP contribution < -0.4 is 5.32 Å². The highest BCUT2D eigenvalue weighted by molar-refractivity contribution is 9.10. The minimum atomic E-state index is -0.764. The molecule has 2 N–H and O–H groups in total. The molecule has 0 saturated heterocycles. The topological polar surface area (TPSA) is 70.9 Å². The van der Waals surface area contributed by atoms with E-state index in [1.165, 1.54) is 6.07 Å². The molecule has 0 saturated carbocycles. The summed E-state index contributed by atoms with van der Waals surface area (Å²) in [5.74, 6) is -0.406. The number of phenols is 1. The van der Waals surface area contributed by atoms with Crippen molar-refractivity contribution in [2.75, 3.05) is 5.32 Å². The van der Waals surface area contributed by atoms with Gasteiger partial charge in [0.15, 0.2) is 0 Å². The molecule has 0 aliphatic carbocycles. The maximum atomic E-state index is 12.3. The minimum Gasteiger partial charge on any atom is -0.506 e. The Bertz CT molecular complexity index is 795. The Morgan fingerprint density at radius 2 is 2.13 bits per heavy atom. The number of rotatable bonds is 3. The number of amides is 1. The fourth-order valence-electron chi connectivity index (χ4n) is 2.19. The number of aromatic hydroxyl groups is 1. The first-order valence-corrected chi connectivity index (χ1v) is 7.98. The molecule has 3 rings (SSSR count). The van der Waals surface area contributed by atoms with Crippen molar-refractivity contribution in [3.8, 4) is 5.75 Å². The molecule has 1 aliphatic heterocycles. The van der Waals surface area contributed by atoms with Crippen LogP contribution in [0.3, 0.4) is 0 Å². The maximum Gasteiger partial charge on any atom is 0.268 e. The number of hydrogen-bond donors (Lipinski definition) is 2. The number of oxime groups is 1. The van der Waals surface area contributed by atoms with Gasteiger partial charge in [0.1, 0.15) is 5.75 Å². The van der Waals surface area contributed by atoms with Crippen LogP contribution in [0.2, 0.25) is 5.02 Å². The van der Waals surface area contributed by atoms with Gasteiger partial charge in [0.05, 0.1) is 11.4 Å². The summed E-state index contributed by atoms with van der Waals surface area (Å²) in [6.07, 6.45) is -0.454. The fraction of sp³-hybridized carbons (Fsp3) is 0.125. The smallest absolute Gasteiger partial charge is 0.268 e. The lowest BCUT2D eigenvalue weighted by molar-refractivity contribution is -0.125. The lowest BCUT2D eigenvalue weighted by Crippen LogP contribution is -2.28. The van der Waals surface area contributed by atoms with E-state index in [1.807, 2.05) is 18.2 Å². The van der Waals surface area contributed by atoms with E-state index >= 15 is 0 Å². The highest BCUT2D eigenvalue weighted by Crippen LogP contribution is 2.28. The first kappa shape index (κ1) is 15.8. The molecule has 0 radical (unpaired) electrons. The second-order valence-corrected chi connectivity index (χ2v) is 6.29. The molecule has 118 valence electrons. The van der Waals surface area contributed by atoms with E-state index in [0.717, 1.165) is 10.0 Å². The lowest BCUT2D eigenvalue weighted by Gasteiger charge is -2.11. The zero-order valence-electron chi connectivity index (χ0n) is 11.8. The zero-order valence-corrected chi connectivity index (χ0v) is 14.1. The molecule has 1 heterocycles. The Hall–Kier alpha value is -2.05. The van der Waals surface area contributed by atoms with Crippen molar-refractivity contribution in [2.45, 2.75) is 12.5 Å². The van der Waals surface area contributed by atoms with Crippen LogP contribution >= 0.6 is 27.5 Å². The summed E-state index contributed by atoms with van der Waals surface area (Å²) in [6.45, 7) is 0. The molecule has 0 spiro atoms. The molecule has 5 nitrogen and oxygen atoms in total. The molecule has 0 aromatic heterocycles. The number of carbonyl (C=O) groups is 1. The molecular formula is C16H12BrClN2O3. The van der Waals surface area contributed by atoms with Crippen molar-refractivity contribution in [1.82, 2.24) is 0 Å². The van der Waals surface area contributed by atoms with E-state index in [4.69, 9.17) is 16.4 Å². The van der Waals surface area contributed by atoms with Crippen LogP contribution in [0.4, 0.5) is 5.69 Å². The van der Waals surface area contributed by atoms with Crippen LogP contribution in [-0.2, 0) is 9.63 Å². The summed E-state index contributed by atoms with van der Waals surface area (Å²) in [7, 11) is 0. The number of benzene rings is 2. The van der Waals surface area contributed by atoms with E-state index in [-0.39, 0.29) is 11.7 Å². The average Bonchev–Trinajstić information content (AvgIpc) is 3.01. The van der Waals surface area contributed by atoms with Gasteiger partial charge in [-0.15, -0.1) is 0 Å². The predicted molar refractivity (Wildman–Crippen MR) is 91.9 cm³/mol. The standard InChI is InChI=1S/C16H12BrClN2O3/c17-9-5-6-14(21)13(7-9)19-16(22)15-8-12(20-23-15)10-3-1-2-4-11(10)18/h1-7,15,21H,8H2,(H,19,22)/t15-/m1/s1. The number of hydrogen-bond acceptors (Lipinski definition) is 4. The zero-order chi connectivity index (χ0) is 16.4. The summed E-state index contributed by atoms with van der Waals surface area (Å²) in [6, 6.07) is 12.0. The molecule has 0 fully saturated rings. The second-order valence-electron chi connectivity index (χ2n) is 4.97. The molecule has 7 heteroatoms. The van der Waals surface area contributed by atoms with Gasteiger partial charge in [-0.3, -0.25) is 4.79 Å². The van der Waals surface area contributed by atoms with Crippen molar-refractivity contribution < 1.29 is 14.7 Å². The highest BCUT2D eigenvalue weighted by atomic mass is 79.9. The summed E-state index contributed by atoms with van der Waals surface area (Å²) < 4.78 is 0.742. The Labute approximate surface area is 146 Å². The Morgan fingerprint density at radius 3 is 2.91 bits per heavy atom. The van der Waals surface area contributed by atoms with Gasteiger partial charge in [0.2, 0.25) is 6.10 Å². The van der Waals surface area contributed by atoms with Crippen molar-refractivity contribution in [2.24, 2.45) is 5.16 Å². The summed E-state index contributed by atoms with van der Waals surface area (Å²) in [5.41, 5.74) is 1.67. The van der Waals surface area contributed by atoms with Crippen molar-refractivity contribution >= 4 is 44.8 Å². The third-order valence-electron chi connectivity index (χ3n) is 3.36. The highest BCUT2D eigenvalue weighted by Gasteiger charge is 2.30. The molecule has 1 atom stereocenters. The van der Waals surface area contributed by atoms with Crippen LogP contribution in [0.25, 0.3) is 0 Å². The summed E-state index contributed by atoms with van der Waals surface area (Å²) >= 11 is 9.41. The van der Waals surface area contributed by atoms with Gasteiger partial charge in [-0.1, -0.05) is 50.9 Å². The molecule has 2 aromatic carbocycles. The third-order valence-corrected chi connectivity index (χ3v) is 4.19. The minimum absolute atomic E-state index is 0.0215. The van der Waals surface area contributed by atoms with Gasteiger partial charge in [-0.25, -0.2) is 0 Å². The largest absolute Gasteiger partial charge is 0.506 e. The van der Waals surface area contributed by atoms with Gasteiger partial charge >= 0.3 is 0 Å². The van der Waals surface area contributed by atoms with Crippen LogP contribution in [0, 0.1) is 0 Å². The summed E-state index contributed by atoms with van der Waals surface area (Å²) in [4.78, 5) is 17.5. The summed E-state index contributed by atoms with van der Waals surface area (Å²) in [5, 5.41) is 16.9. The number of nitrogens with one attached hydrogen (secondary N) is 1. The molecule has 23 heavy (non-hydrogen) atoms. The van der Waals surface area contributed by atoms with Crippen molar-refractivity contribution in [3.63, 3.8) is 0 Å². The third kappa shape index (κ3) is 3.48. The quantitative estimate of drug-likeness (QED) is 0.773. The van der Waals surface area contributed by atoms with Crippen LogP contribution in [0.15, 0.2) is 52.1 Å². The number of carbonyl (C=O) groups excluding carboxylic acids is 1. The molecule has 0 bridgehead atoms. The van der Waals surface area contributed by atoms with E-state index in [0.29, 0.717) is 22.8 Å². The first-order chi connectivity index (χ1) is 11.0. The van der Waals surface area contributed by atoms with Crippen LogP contribution in [-0.4, -0.2) is 22.8 Å². The normalized spacial score (nSPS) is 16.6. The molecular weight excluding hydrogens is 384 g/mol. The lowest BCUT2D eigenvalue weighted by atomic mass is 10.0. The molecule has 2 aromatic rings.